The Hall–Kier alpha value is -1.47. The quantitative estimate of drug-likeness (QED) is 0.867. The molecule has 6 nitrogen and oxygen atoms in total. The van der Waals surface area contributed by atoms with Crippen LogP contribution in [0.1, 0.15) is 29.6 Å². The van der Waals surface area contributed by atoms with Gasteiger partial charge >= 0.3 is 5.97 Å². The van der Waals surface area contributed by atoms with Gasteiger partial charge in [-0.05, 0) is 34.8 Å². The van der Waals surface area contributed by atoms with Gasteiger partial charge < -0.3 is 15.2 Å². The van der Waals surface area contributed by atoms with Crippen LogP contribution >= 0.6 is 15.9 Å². The van der Waals surface area contributed by atoms with Crippen molar-refractivity contribution in [1.82, 2.24) is 10.3 Å². The van der Waals surface area contributed by atoms with Crippen molar-refractivity contribution in [3.05, 3.63) is 28.5 Å². The van der Waals surface area contributed by atoms with Crippen LogP contribution in [-0.2, 0) is 9.53 Å². The first-order valence-corrected chi connectivity index (χ1v) is 7.03. The number of ether oxygens (including phenoxy) is 1. The van der Waals surface area contributed by atoms with Crippen LogP contribution < -0.4 is 5.32 Å². The van der Waals surface area contributed by atoms with E-state index in [4.69, 9.17) is 9.84 Å². The second kappa shape index (κ2) is 6.32. The van der Waals surface area contributed by atoms with Gasteiger partial charge in [-0.25, -0.2) is 0 Å². The third-order valence-corrected chi connectivity index (χ3v) is 3.72. The number of hydrogen-bond donors (Lipinski definition) is 2. The Morgan fingerprint density at radius 1 is 1.40 bits per heavy atom. The second-order valence-corrected chi connectivity index (χ2v) is 5.72. The summed E-state index contributed by atoms with van der Waals surface area (Å²) in [5, 5.41) is 11.9. The number of hydrogen-bond acceptors (Lipinski definition) is 4. The van der Waals surface area contributed by atoms with Gasteiger partial charge in [-0.15, -0.1) is 0 Å². The minimum atomic E-state index is -0.931. The monoisotopic (exact) mass is 342 g/mol. The summed E-state index contributed by atoms with van der Waals surface area (Å²) in [5.74, 6) is -1.25. The maximum Gasteiger partial charge on any atom is 0.305 e. The van der Waals surface area contributed by atoms with Crippen molar-refractivity contribution >= 4 is 27.8 Å². The molecule has 108 valence electrons. The van der Waals surface area contributed by atoms with Crippen LogP contribution in [0, 0.1) is 0 Å². The van der Waals surface area contributed by atoms with Gasteiger partial charge in [-0.3, -0.25) is 14.6 Å². The molecule has 0 radical (unpaired) electrons. The molecule has 0 aliphatic carbocycles. The summed E-state index contributed by atoms with van der Waals surface area (Å²) in [7, 11) is 0. The largest absolute Gasteiger partial charge is 0.481 e. The summed E-state index contributed by atoms with van der Waals surface area (Å²) in [6, 6.07) is 1.65. The first-order valence-electron chi connectivity index (χ1n) is 6.23. The summed E-state index contributed by atoms with van der Waals surface area (Å²) in [6.45, 7) is 0.897. The highest BCUT2D eigenvalue weighted by Gasteiger charge is 2.36. The predicted molar refractivity (Wildman–Crippen MR) is 74.4 cm³/mol. The fourth-order valence-corrected chi connectivity index (χ4v) is 2.61. The zero-order valence-corrected chi connectivity index (χ0v) is 12.4. The van der Waals surface area contributed by atoms with Crippen LogP contribution in [-0.4, -0.2) is 40.7 Å². The number of amides is 1. The lowest BCUT2D eigenvalue weighted by Gasteiger charge is -2.36. The SMILES string of the molecule is O=C(O)CC1(NC(=O)c2cncc(Br)c2)CCOCC1. The summed E-state index contributed by atoms with van der Waals surface area (Å²) < 4.78 is 5.95. The number of carbonyl (C=O) groups excluding carboxylic acids is 1. The Morgan fingerprint density at radius 3 is 2.70 bits per heavy atom. The highest BCUT2D eigenvalue weighted by atomic mass is 79.9. The first-order chi connectivity index (χ1) is 9.51. The smallest absolute Gasteiger partial charge is 0.305 e. The lowest BCUT2D eigenvalue weighted by molar-refractivity contribution is -0.139. The fraction of sp³-hybridized carbons (Fsp3) is 0.462. The molecule has 0 atom stereocenters. The minimum Gasteiger partial charge on any atom is -0.481 e. The molecule has 1 aliphatic heterocycles. The molecule has 1 aromatic heterocycles. The lowest BCUT2D eigenvalue weighted by Crippen LogP contribution is -2.53. The molecule has 1 amide bonds. The van der Waals surface area contributed by atoms with E-state index >= 15 is 0 Å². The van der Waals surface area contributed by atoms with Crippen LogP contribution in [0.4, 0.5) is 0 Å². The van der Waals surface area contributed by atoms with E-state index < -0.39 is 11.5 Å². The van der Waals surface area contributed by atoms with Gasteiger partial charge in [0, 0.05) is 30.1 Å². The Bertz CT molecular complexity index is 515. The summed E-state index contributed by atoms with van der Waals surface area (Å²) in [6.07, 6.45) is 3.91. The van der Waals surface area contributed by atoms with Crippen molar-refractivity contribution < 1.29 is 19.4 Å². The van der Waals surface area contributed by atoms with Gasteiger partial charge in [-0.2, -0.15) is 0 Å². The third kappa shape index (κ3) is 3.77. The molecule has 2 rings (SSSR count). The van der Waals surface area contributed by atoms with E-state index in [9.17, 15) is 9.59 Å². The summed E-state index contributed by atoms with van der Waals surface area (Å²) in [4.78, 5) is 27.2. The average molecular weight is 343 g/mol. The number of carboxylic acids is 1. The first kappa shape index (κ1) is 14.9. The van der Waals surface area contributed by atoms with Gasteiger partial charge in [0.25, 0.3) is 5.91 Å². The van der Waals surface area contributed by atoms with E-state index in [1.165, 1.54) is 6.20 Å². The number of carboxylic acid groups (broad SMARTS) is 1. The maximum atomic E-state index is 12.2. The fourth-order valence-electron chi connectivity index (χ4n) is 2.25. The third-order valence-electron chi connectivity index (χ3n) is 3.29. The normalized spacial score (nSPS) is 17.4. The second-order valence-electron chi connectivity index (χ2n) is 4.81. The van der Waals surface area contributed by atoms with Gasteiger partial charge in [0.05, 0.1) is 17.5 Å². The number of rotatable bonds is 4. The highest BCUT2D eigenvalue weighted by Crippen LogP contribution is 2.25. The number of halogens is 1. The number of aromatic nitrogens is 1. The number of aliphatic carboxylic acids is 1. The highest BCUT2D eigenvalue weighted by molar-refractivity contribution is 9.10. The molecule has 2 N–H and O–H groups in total. The van der Waals surface area contributed by atoms with Crippen LogP contribution in [0.3, 0.4) is 0 Å². The van der Waals surface area contributed by atoms with Gasteiger partial charge in [0.2, 0.25) is 0 Å². The zero-order valence-electron chi connectivity index (χ0n) is 10.8. The molecular formula is C13H15BrN2O4. The molecular weight excluding hydrogens is 328 g/mol. The minimum absolute atomic E-state index is 0.108. The van der Waals surface area contributed by atoms with Crippen molar-refractivity contribution in [1.29, 1.82) is 0 Å². The average Bonchev–Trinajstić information content (AvgIpc) is 2.38. The molecule has 20 heavy (non-hydrogen) atoms. The molecule has 2 heterocycles. The molecule has 0 spiro atoms. The number of nitrogens with zero attached hydrogens (tertiary/aromatic N) is 1. The number of pyridine rings is 1. The van der Waals surface area contributed by atoms with Crippen LogP contribution in [0.25, 0.3) is 0 Å². The van der Waals surface area contributed by atoms with Gasteiger partial charge in [0.15, 0.2) is 0 Å². The Kier molecular flexibility index (Phi) is 4.72. The zero-order chi connectivity index (χ0) is 14.6. The van der Waals surface area contributed by atoms with E-state index in [1.54, 1.807) is 12.3 Å². The topological polar surface area (TPSA) is 88.5 Å². The lowest BCUT2D eigenvalue weighted by atomic mass is 9.86. The standard InChI is InChI=1S/C13H15BrN2O4/c14-10-5-9(7-15-8-10)12(19)16-13(6-11(17)18)1-3-20-4-2-13/h5,7-8H,1-4,6H2,(H,16,19)(H,17,18). The number of carbonyl (C=O) groups is 2. The van der Waals surface area contributed by atoms with Crippen LogP contribution in [0.2, 0.25) is 0 Å². The summed E-state index contributed by atoms with van der Waals surface area (Å²) in [5.41, 5.74) is -0.348. The Balaban J connectivity index is 2.15. The Labute approximate surface area is 124 Å². The molecule has 1 fully saturated rings. The van der Waals surface area contributed by atoms with Crippen molar-refractivity contribution in [2.45, 2.75) is 24.8 Å². The van der Waals surface area contributed by atoms with Crippen molar-refractivity contribution in [2.24, 2.45) is 0 Å². The molecule has 0 unspecified atom stereocenters. The molecule has 7 heteroatoms. The molecule has 1 saturated heterocycles. The predicted octanol–water partition coefficient (Wildman–Crippen LogP) is 1.60. The number of nitrogens with one attached hydrogen (secondary N) is 1. The van der Waals surface area contributed by atoms with Gasteiger partial charge in [-0.1, -0.05) is 0 Å². The van der Waals surface area contributed by atoms with Crippen molar-refractivity contribution in [3.63, 3.8) is 0 Å². The summed E-state index contributed by atoms with van der Waals surface area (Å²) >= 11 is 3.25. The Morgan fingerprint density at radius 2 is 2.10 bits per heavy atom. The molecule has 0 bridgehead atoms. The molecule has 0 saturated carbocycles. The van der Waals surface area contributed by atoms with Crippen molar-refractivity contribution in [3.8, 4) is 0 Å². The molecule has 1 aliphatic rings. The van der Waals surface area contributed by atoms with E-state index in [2.05, 4.69) is 26.2 Å². The van der Waals surface area contributed by atoms with Crippen LogP contribution in [0.15, 0.2) is 22.9 Å². The van der Waals surface area contributed by atoms with Gasteiger partial charge in [0.1, 0.15) is 0 Å². The van der Waals surface area contributed by atoms with E-state index in [0.717, 1.165) is 0 Å². The van der Waals surface area contributed by atoms with E-state index in [1.807, 2.05) is 0 Å². The van der Waals surface area contributed by atoms with E-state index in [0.29, 0.717) is 36.1 Å². The molecule has 0 aromatic carbocycles. The van der Waals surface area contributed by atoms with E-state index in [-0.39, 0.29) is 12.3 Å². The molecule has 1 aromatic rings. The van der Waals surface area contributed by atoms with Crippen molar-refractivity contribution in [2.75, 3.05) is 13.2 Å². The van der Waals surface area contributed by atoms with Crippen LogP contribution in [0.5, 0.6) is 0 Å². The maximum absolute atomic E-state index is 12.2.